The van der Waals surface area contributed by atoms with E-state index in [4.69, 9.17) is 20.4 Å². The van der Waals surface area contributed by atoms with Crippen LogP contribution in [0.2, 0.25) is 0 Å². The summed E-state index contributed by atoms with van der Waals surface area (Å²) < 4.78 is 5.99. The average molecular weight is 416 g/mol. The second-order valence-electron chi connectivity index (χ2n) is 8.83. The van der Waals surface area contributed by atoms with Gasteiger partial charge in [0.05, 0.1) is 18.1 Å². The van der Waals surface area contributed by atoms with Crippen molar-refractivity contribution in [2.75, 3.05) is 30.4 Å². The van der Waals surface area contributed by atoms with Crippen LogP contribution in [-0.4, -0.2) is 46.1 Å². The van der Waals surface area contributed by atoms with Gasteiger partial charge in [0, 0.05) is 49.3 Å². The van der Waals surface area contributed by atoms with E-state index in [1.54, 1.807) is 12.4 Å². The van der Waals surface area contributed by atoms with Gasteiger partial charge in [-0.25, -0.2) is 9.97 Å². The molecule has 8 nitrogen and oxygen atoms in total. The van der Waals surface area contributed by atoms with E-state index in [2.05, 4.69) is 38.4 Å². The summed E-state index contributed by atoms with van der Waals surface area (Å²) in [5.74, 6) is 2.14. The van der Waals surface area contributed by atoms with Crippen molar-refractivity contribution in [3.05, 3.63) is 47.7 Å². The van der Waals surface area contributed by atoms with Crippen molar-refractivity contribution in [1.29, 1.82) is 0 Å². The molecular formula is C23H25N7O. The summed E-state index contributed by atoms with van der Waals surface area (Å²) in [6.07, 6.45) is 6.43. The Morgan fingerprint density at radius 1 is 1.19 bits per heavy atom. The third-order valence-electron chi connectivity index (χ3n) is 6.87. The van der Waals surface area contributed by atoms with Crippen LogP contribution in [0.5, 0.6) is 11.8 Å². The van der Waals surface area contributed by atoms with Gasteiger partial charge in [0.15, 0.2) is 5.75 Å². The lowest BCUT2D eigenvalue weighted by Gasteiger charge is -2.21. The Bertz CT molecular complexity index is 1170. The van der Waals surface area contributed by atoms with Crippen molar-refractivity contribution < 1.29 is 4.74 Å². The van der Waals surface area contributed by atoms with Crippen molar-refractivity contribution >= 4 is 11.5 Å². The van der Waals surface area contributed by atoms with Gasteiger partial charge in [-0.15, -0.1) is 0 Å². The van der Waals surface area contributed by atoms with Crippen LogP contribution in [-0.2, 0) is 6.42 Å². The standard InChI is InChI=1S/C23H25N7O/c1-13-26-9-14(10-27-13)31-22-28-18-8-16-15(4-3-5-17(16)25-2)20(18)21(29-22)30-11-19(24)23(12-30)6-7-23/h3-5,9-10,19,25H,6-8,11-12,24H2,1-2H3/t19-/m1/s1. The molecule has 0 bridgehead atoms. The maximum atomic E-state index is 6.52. The van der Waals surface area contributed by atoms with Crippen LogP contribution < -0.4 is 20.7 Å². The predicted octanol–water partition coefficient (Wildman–Crippen LogP) is 2.91. The van der Waals surface area contributed by atoms with Crippen molar-refractivity contribution in [3.8, 4) is 22.9 Å². The molecule has 2 aromatic heterocycles. The van der Waals surface area contributed by atoms with E-state index in [0.29, 0.717) is 17.6 Å². The molecule has 31 heavy (non-hydrogen) atoms. The quantitative estimate of drug-likeness (QED) is 0.525. The van der Waals surface area contributed by atoms with Gasteiger partial charge in [-0.3, -0.25) is 0 Å². The number of ether oxygens (including phenoxy) is 1. The van der Waals surface area contributed by atoms with E-state index in [0.717, 1.165) is 42.3 Å². The highest BCUT2D eigenvalue weighted by molar-refractivity contribution is 5.88. The number of aryl methyl sites for hydroxylation is 1. The first-order chi connectivity index (χ1) is 15.1. The van der Waals surface area contributed by atoms with Gasteiger partial charge in [0.2, 0.25) is 0 Å². The number of fused-ring (bicyclic) bond motifs is 3. The van der Waals surface area contributed by atoms with Crippen molar-refractivity contribution in [2.24, 2.45) is 11.1 Å². The summed E-state index contributed by atoms with van der Waals surface area (Å²) in [5.41, 5.74) is 12.4. The molecule has 2 aliphatic carbocycles. The molecule has 0 unspecified atom stereocenters. The highest BCUT2D eigenvalue weighted by Gasteiger charge is 2.54. The Balaban J connectivity index is 1.46. The Labute approximate surface area is 180 Å². The molecule has 158 valence electrons. The molecular weight excluding hydrogens is 390 g/mol. The summed E-state index contributed by atoms with van der Waals surface area (Å²) in [4.78, 5) is 20.4. The maximum absolute atomic E-state index is 6.52. The van der Waals surface area contributed by atoms with Crippen LogP contribution in [0.25, 0.3) is 11.1 Å². The van der Waals surface area contributed by atoms with Crippen molar-refractivity contribution in [3.63, 3.8) is 0 Å². The van der Waals surface area contributed by atoms with E-state index in [9.17, 15) is 0 Å². The third kappa shape index (κ3) is 2.93. The van der Waals surface area contributed by atoms with Crippen LogP contribution in [0, 0.1) is 12.3 Å². The summed E-state index contributed by atoms with van der Waals surface area (Å²) in [5, 5.41) is 3.31. The fraction of sp³-hybridized carbons (Fsp3) is 0.391. The Kier molecular flexibility index (Phi) is 3.95. The average Bonchev–Trinajstić information content (AvgIpc) is 3.35. The molecule has 6 rings (SSSR count). The zero-order valence-electron chi connectivity index (χ0n) is 17.7. The molecule has 3 heterocycles. The second kappa shape index (κ2) is 6.62. The third-order valence-corrected chi connectivity index (χ3v) is 6.87. The molecule has 3 aliphatic rings. The first-order valence-electron chi connectivity index (χ1n) is 10.7. The molecule has 8 heteroatoms. The monoisotopic (exact) mass is 415 g/mol. The summed E-state index contributed by atoms with van der Waals surface area (Å²) >= 11 is 0. The fourth-order valence-corrected chi connectivity index (χ4v) is 4.95. The number of nitrogens with one attached hydrogen (secondary N) is 1. The first-order valence-corrected chi connectivity index (χ1v) is 10.7. The number of nitrogens with two attached hydrogens (primary N) is 1. The number of benzene rings is 1. The minimum atomic E-state index is 0.178. The van der Waals surface area contributed by atoms with Crippen LogP contribution >= 0.6 is 0 Å². The van der Waals surface area contributed by atoms with Crippen LogP contribution in [0.3, 0.4) is 0 Å². The minimum Gasteiger partial charge on any atom is -0.421 e. The van der Waals surface area contributed by atoms with E-state index < -0.39 is 0 Å². The van der Waals surface area contributed by atoms with E-state index >= 15 is 0 Å². The van der Waals surface area contributed by atoms with Gasteiger partial charge >= 0.3 is 6.01 Å². The molecule has 3 N–H and O–H groups in total. The zero-order chi connectivity index (χ0) is 21.2. The van der Waals surface area contributed by atoms with Crippen LogP contribution in [0.1, 0.15) is 29.9 Å². The van der Waals surface area contributed by atoms with Crippen molar-refractivity contribution in [1.82, 2.24) is 19.9 Å². The largest absolute Gasteiger partial charge is 0.421 e. The Morgan fingerprint density at radius 3 is 2.71 bits per heavy atom. The molecule has 1 spiro atoms. The molecule has 3 aromatic rings. The normalized spacial score (nSPS) is 20.0. The maximum Gasteiger partial charge on any atom is 0.324 e. The van der Waals surface area contributed by atoms with Crippen molar-refractivity contribution in [2.45, 2.75) is 32.2 Å². The van der Waals surface area contributed by atoms with Gasteiger partial charge in [-0.1, -0.05) is 12.1 Å². The summed E-state index contributed by atoms with van der Waals surface area (Å²) in [7, 11) is 1.95. The number of rotatable bonds is 4. The second-order valence-corrected chi connectivity index (χ2v) is 8.83. The van der Waals surface area contributed by atoms with E-state index in [1.165, 1.54) is 24.0 Å². The fourth-order valence-electron chi connectivity index (χ4n) is 4.95. The molecule has 0 radical (unpaired) electrons. The number of hydrogen-bond donors (Lipinski definition) is 2. The Morgan fingerprint density at radius 2 is 2.00 bits per heavy atom. The van der Waals surface area contributed by atoms with Gasteiger partial charge in [0.1, 0.15) is 11.6 Å². The topological polar surface area (TPSA) is 102 Å². The summed E-state index contributed by atoms with van der Waals surface area (Å²) in [6.45, 7) is 3.58. The molecule has 0 amide bonds. The highest BCUT2D eigenvalue weighted by atomic mass is 16.5. The number of nitrogens with zero attached hydrogens (tertiary/aromatic N) is 5. The Hall–Kier alpha value is -3.26. The summed E-state index contributed by atoms with van der Waals surface area (Å²) in [6, 6.07) is 6.84. The highest BCUT2D eigenvalue weighted by Crippen LogP contribution is 2.54. The molecule has 1 atom stereocenters. The lowest BCUT2D eigenvalue weighted by molar-refractivity contribution is 0.435. The van der Waals surface area contributed by atoms with E-state index in [-0.39, 0.29) is 11.5 Å². The molecule has 1 saturated heterocycles. The minimum absolute atomic E-state index is 0.178. The molecule has 2 fully saturated rings. The zero-order valence-corrected chi connectivity index (χ0v) is 17.7. The number of hydrogen-bond acceptors (Lipinski definition) is 8. The molecule has 1 saturated carbocycles. The number of anilines is 2. The van der Waals surface area contributed by atoms with Gasteiger partial charge in [0.25, 0.3) is 0 Å². The predicted molar refractivity (Wildman–Crippen MR) is 119 cm³/mol. The lowest BCUT2D eigenvalue weighted by atomic mass is 10.0. The number of aromatic nitrogens is 4. The first kappa shape index (κ1) is 18.5. The van der Waals surface area contributed by atoms with Crippen LogP contribution in [0.15, 0.2) is 30.6 Å². The van der Waals surface area contributed by atoms with Gasteiger partial charge in [-0.05, 0) is 37.0 Å². The van der Waals surface area contributed by atoms with E-state index in [1.807, 2.05) is 14.0 Å². The smallest absolute Gasteiger partial charge is 0.324 e. The van der Waals surface area contributed by atoms with Gasteiger partial charge < -0.3 is 20.7 Å². The molecule has 1 aliphatic heterocycles. The SMILES string of the molecule is CNc1cccc2c1Cc1nc(Oc3cnc(C)nc3)nc(N3C[C@@H](N)C4(CC4)C3)c1-2. The van der Waals surface area contributed by atoms with Crippen LogP contribution in [0.4, 0.5) is 11.5 Å². The molecule has 1 aromatic carbocycles. The van der Waals surface area contributed by atoms with Gasteiger partial charge in [-0.2, -0.15) is 9.97 Å². The lowest BCUT2D eigenvalue weighted by Crippen LogP contribution is -2.30.